The molecular formula is C24H24N2O5S. The topological polar surface area (TPSA) is 93.7 Å². The number of amides is 1. The highest BCUT2D eigenvalue weighted by molar-refractivity contribution is 7.89. The number of sulfonamides is 1. The van der Waals surface area contributed by atoms with Crippen LogP contribution in [0.25, 0.3) is 0 Å². The molecule has 0 bridgehead atoms. The molecule has 1 atom stereocenters. The van der Waals surface area contributed by atoms with Gasteiger partial charge in [0, 0.05) is 12.6 Å². The van der Waals surface area contributed by atoms with Gasteiger partial charge < -0.3 is 14.8 Å². The number of carbonyl (C=O) groups excluding carboxylic acids is 1. The van der Waals surface area contributed by atoms with Gasteiger partial charge in [0.15, 0.2) is 11.5 Å². The summed E-state index contributed by atoms with van der Waals surface area (Å²) in [7, 11) is -3.83. The van der Waals surface area contributed by atoms with Gasteiger partial charge in [-0.3, -0.25) is 4.79 Å². The molecule has 0 radical (unpaired) electrons. The summed E-state index contributed by atoms with van der Waals surface area (Å²) in [6.07, 6.45) is 0.462. The monoisotopic (exact) mass is 452 g/mol. The molecule has 1 amide bonds. The van der Waals surface area contributed by atoms with Crippen LogP contribution < -0.4 is 19.5 Å². The summed E-state index contributed by atoms with van der Waals surface area (Å²) in [5, 5.41) is 2.63. The average Bonchev–Trinajstić information content (AvgIpc) is 2.79. The third kappa shape index (κ3) is 5.27. The number of benzene rings is 3. The van der Waals surface area contributed by atoms with E-state index in [1.54, 1.807) is 18.2 Å². The van der Waals surface area contributed by atoms with Crippen molar-refractivity contribution in [1.29, 1.82) is 0 Å². The van der Waals surface area contributed by atoms with E-state index < -0.39 is 16.1 Å². The second kappa shape index (κ2) is 9.42. The average molecular weight is 453 g/mol. The fraction of sp³-hybridized carbons (Fsp3) is 0.208. The number of carbonyl (C=O) groups is 1. The van der Waals surface area contributed by atoms with Gasteiger partial charge in [0.25, 0.3) is 0 Å². The Balaban J connectivity index is 1.63. The SMILES string of the molecule is CC(=O)Nc1ccc(S(=O)(=O)NC(Cc2ccccc2)c2ccc3c(c2)OCCO3)cc1. The zero-order valence-corrected chi connectivity index (χ0v) is 18.4. The van der Waals surface area contributed by atoms with E-state index in [9.17, 15) is 13.2 Å². The molecular weight excluding hydrogens is 428 g/mol. The molecule has 3 aromatic carbocycles. The molecule has 3 aromatic rings. The van der Waals surface area contributed by atoms with Crippen molar-refractivity contribution in [1.82, 2.24) is 4.72 Å². The van der Waals surface area contributed by atoms with Crippen molar-refractivity contribution in [2.45, 2.75) is 24.3 Å². The lowest BCUT2D eigenvalue weighted by Crippen LogP contribution is -2.30. The molecule has 0 spiro atoms. The number of hydrogen-bond donors (Lipinski definition) is 2. The van der Waals surface area contributed by atoms with Crippen molar-refractivity contribution in [3.05, 3.63) is 83.9 Å². The first-order chi connectivity index (χ1) is 15.4. The van der Waals surface area contributed by atoms with Crippen molar-refractivity contribution in [2.75, 3.05) is 18.5 Å². The lowest BCUT2D eigenvalue weighted by atomic mass is 9.99. The van der Waals surface area contributed by atoms with E-state index in [-0.39, 0.29) is 10.8 Å². The van der Waals surface area contributed by atoms with E-state index in [1.807, 2.05) is 42.5 Å². The molecule has 1 aliphatic rings. The Morgan fingerprint density at radius 2 is 1.62 bits per heavy atom. The van der Waals surface area contributed by atoms with Crippen molar-refractivity contribution in [3.8, 4) is 11.5 Å². The molecule has 0 fully saturated rings. The molecule has 32 heavy (non-hydrogen) atoms. The maximum Gasteiger partial charge on any atom is 0.241 e. The lowest BCUT2D eigenvalue weighted by Gasteiger charge is -2.23. The third-order valence-electron chi connectivity index (χ3n) is 5.03. The Morgan fingerprint density at radius 1 is 0.938 bits per heavy atom. The maximum absolute atomic E-state index is 13.2. The first-order valence-electron chi connectivity index (χ1n) is 10.2. The van der Waals surface area contributed by atoms with E-state index in [1.165, 1.54) is 19.1 Å². The number of fused-ring (bicyclic) bond motifs is 1. The van der Waals surface area contributed by atoms with Gasteiger partial charge >= 0.3 is 0 Å². The molecule has 0 saturated carbocycles. The van der Waals surface area contributed by atoms with Gasteiger partial charge in [-0.25, -0.2) is 13.1 Å². The minimum atomic E-state index is -3.83. The van der Waals surface area contributed by atoms with Crippen LogP contribution in [0, 0.1) is 0 Å². The molecule has 0 aromatic heterocycles. The van der Waals surface area contributed by atoms with Gasteiger partial charge in [0.1, 0.15) is 13.2 Å². The summed E-state index contributed by atoms with van der Waals surface area (Å²) < 4.78 is 40.5. The maximum atomic E-state index is 13.2. The molecule has 8 heteroatoms. The zero-order valence-electron chi connectivity index (χ0n) is 17.6. The Labute approximate surface area is 187 Å². The van der Waals surface area contributed by atoms with Gasteiger partial charge in [-0.2, -0.15) is 0 Å². The van der Waals surface area contributed by atoms with Crippen molar-refractivity contribution in [2.24, 2.45) is 0 Å². The highest BCUT2D eigenvalue weighted by atomic mass is 32.2. The molecule has 2 N–H and O–H groups in total. The van der Waals surface area contributed by atoms with Crippen LogP contribution in [0.3, 0.4) is 0 Å². The van der Waals surface area contributed by atoms with Gasteiger partial charge in [-0.05, 0) is 53.9 Å². The Morgan fingerprint density at radius 3 is 2.31 bits per heavy atom. The Kier molecular flexibility index (Phi) is 6.43. The second-order valence-corrected chi connectivity index (χ2v) is 9.19. The van der Waals surface area contributed by atoms with E-state index >= 15 is 0 Å². The first kappa shape index (κ1) is 21.9. The predicted octanol–water partition coefficient (Wildman–Crippen LogP) is 3.68. The van der Waals surface area contributed by atoms with Gasteiger partial charge in [0.05, 0.1) is 10.9 Å². The summed E-state index contributed by atoms with van der Waals surface area (Å²) in [5.41, 5.74) is 2.30. The smallest absolute Gasteiger partial charge is 0.241 e. The fourth-order valence-electron chi connectivity index (χ4n) is 3.53. The number of rotatable bonds is 7. The van der Waals surface area contributed by atoms with E-state index in [2.05, 4.69) is 10.0 Å². The molecule has 1 unspecified atom stereocenters. The lowest BCUT2D eigenvalue weighted by molar-refractivity contribution is -0.114. The highest BCUT2D eigenvalue weighted by Crippen LogP contribution is 2.34. The fourth-order valence-corrected chi connectivity index (χ4v) is 4.75. The van der Waals surface area contributed by atoms with Gasteiger partial charge in [0.2, 0.25) is 15.9 Å². The van der Waals surface area contributed by atoms with Crippen LogP contribution in [0.1, 0.15) is 24.1 Å². The van der Waals surface area contributed by atoms with Crippen LogP contribution in [0.15, 0.2) is 77.7 Å². The van der Waals surface area contributed by atoms with Crippen LogP contribution in [0.2, 0.25) is 0 Å². The molecule has 0 saturated heterocycles. The minimum absolute atomic E-state index is 0.113. The zero-order chi connectivity index (χ0) is 22.6. The molecule has 1 aliphatic heterocycles. The molecule has 4 rings (SSSR count). The Hall–Kier alpha value is -3.36. The summed E-state index contributed by atoms with van der Waals surface area (Å²) in [4.78, 5) is 11.3. The predicted molar refractivity (Wildman–Crippen MR) is 121 cm³/mol. The van der Waals surface area contributed by atoms with Crippen molar-refractivity contribution < 1.29 is 22.7 Å². The molecule has 1 heterocycles. The second-order valence-electron chi connectivity index (χ2n) is 7.47. The van der Waals surface area contributed by atoms with Crippen LogP contribution >= 0.6 is 0 Å². The molecule has 0 aliphatic carbocycles. The molecule has 7 nitrogen and oxygen atoms in total. The van der Waals surface area contributed by atoms with E-state index in [4.69, 9.17) is 9.47 Å². The highest BCUT2D eigenvalue weighted by Gasteiger charge is 2.24. The number of anilines is 1. The molecule has 166 valence electrons. The Bertz CT molecular complexity index is 1190. The van der Waals surface area contributed by atoms with Crippen molar-refractivity contribution in [3.63, 3.8) is 0 Å². The largest absolute Gasteiger partial charge is 0.486 e. The van der Waals surface area contributed by atoms with Crippen LogP contribution in [-0.4, -0.2) is 27.5 Å². The van der Waals surface area contributed by atoms with Crippen LogP contribution in [0.5, 0.6) is 11.5 Å². The van der Waals surface area contributed by atoms with Gasteiger partial charge in [-0.15, -0.1) is 0 Å². The summed E-state index contributed by atoms with van der Waals surface area (Å²) in [6, 6.07) is 20.7. The normalized spacial score (nSPS) is 13.9. The quantitative estimate of drug-likeness (QED) is 0.570. The summed E-state index contributed by atoms with van der Waals surface area (Å²) >= 11 is 0. The van der Waals surface area contributed by atoms with E-state index in [0.29, 0.717) is 36.8 Å². The number of nitrogens with one attached hydrogen (secondary N) is 2. The van der Waals surface area contributed by atoms with Crippen LogP contribution in [-0.2, 0) is 21.2 Å². The third-order valence-corrected chi connectivity index (χ3v) is 6.52. The minimum Gasteiger partial charge on any atom is -0.486 e. The standard InChI is InChI=1S/C24H24N2O5S/c1-17(27)25-20-8-10-21(11-9-20)32(28,29)26-22(15-18-5-3-2-4-6-18)19-7-12-23-24(16-19)31-14-13-30-23/h2-12,16,22,26H,13-15H2,1H3,(H,25,27). The number of ether oxygens (including phenoxy) is 2. The van der Waals surface area contributed by atoms with E-state index in [0.717, 1.165) is 11.1 Å². The summed E-state index contributed by atoms with van der Waals surface area (Å²) in [5.74, 6) is 1.03. The number of hydrogen-bond acceptors (Lipinski definition) is 5. The first-order valence-corrected chi connectivity index (χ1v) is 11.7. The van der Waals surface area contributed by atoms with Gasteiger partial charge in [-0.1, -0.05) is 36.4 Å². The summed E-state index contributed by atoms with van der Waals surface area (Å²) in [6.45, 7) is 2.33. The van der Waals surface area contributed by atoms with Crippen molar-refractivity contribution >= 4 is 21.6 Å². The van der Waals surface area contributed by atoms with Crippen LogP contribution in [0.4, 0.5) is 5.69 Å².